The van der Waals surface area contributed by atoms with E-state index in [2.05, 4.69) is 14.7 Å². The minimum atomic E-state index is -3.86. The van der Waals surface area contributed by atoms with Crippen molar-refractivity contribution in [2.24, 2.45) is 0 Å². The number of aromatic nitrogens is 2. The van der Waals surface area contributed by atoms with Crippen molar-refractivity contribution < 1.29 is 8.42 Å². The van der Waals surface area contributed by atoms with E-state index in [-0.39, 0.29) is 16.8 Å². The molecule has 3 aromatic rings. The van der Waals surface area contributed by atoms with Crippen LogP contribution < -0.4 is 4.72 Å². The largest absolute Gasteiger partial charge is 0.459 e. The first-order chi connectivity index (χ1) is 13.5. The Bertz CT molecular complexity index is 1100. The monoisotopic (exact) mass is 415 g/mol. The van der Waals surface area contributed by atoms with E-state index in [1.165, 1.54) is 18.6 Å². The zero-order valence-electron chi connectivity index (χ0n) is 15.2. The lowest BCUT2D eigenvalue weighted by atomic mass is 9.95. The highest BCUT2D eigenvalue weighted by molar-refractivity contribution is 7.92. The lowest BCUT2D eigenvalue weighted by molar-refractivity contribution is 0.474. The van der Waals surface area contributed by atoms with Gasteiger partial charge >= 0.3 is 0 Å². The molecule has 146 valence electrons. The van der Waals surface area contributed by atoms with Gasteiger partial charge in [-0.15, -0.1) is 0 Å². The van der Waals surface area contributed by atoms with E-state index in [0.29, 0.717) is 21.9 Å². The molecule has 0 spiro atoms. The highest BCUT2D eigenvalue weighted by Gasteiger charge is 2.18. The number of rotatable bonds is 5. The van der Waals surface area contributed by atoms with Gasteiger partial charge in [-0.3, -0.25) is 4.72 Å². The average Bonchev–Trinajstić information content (AvgIpc) is 2.69. The Morgan fingerprint density at radius 1 is 0.964 bits per heavy atom. The molecule has 0 atom stereocenters. The summed E-state index contributed by atoms with van der Waals surface area (Å²) in [6.45, 7) is 0. The van der Waals surface area contributed by atoms with E-state index in [1.807, 2.05) is 18.2 Å². The Hall–Kier alpha value is -2.38. The zero-order valence-corrected chi connectivity index (χ0v) is 16.7. The number of benzene rings is 2. The second-order valence-corrected chi connectivity index (χ2v) is 8.99. The fourth-order valence-electron chi connectivity index (χ4n) is 3.35. The number of nitrogens with one attached hydrogen (secondary N) is 1. The first-order valence-electron chi connectivity index (χ1n) is 9.27. The van der Waals surface area contributed by atoms with Crippen molar-refractivity contribution in [1.29, 1.82) is 0 Å². The molecule has 0 saturated heterocycles. The second kappa shape index (κ2) is 7.93. The summed E-state index contributed by atoms with van der Waals surface area (Å²) < 4.78 is 28.3. The van der Waals surface area contributed by atoms with Crippen LogP contribution in [0.4, 0.5) is 11.6 Å². The molecular formula is C20H20ClN4O2S-. The van der Waals surface area contributed by atoms with Gasteiger partial charge in [0.15, 0.2) is 0 Å². The summed E-state index contributed by atoms with van der Waals surface area (Å²) in [7, 11) is -3.86. The molecule has 6 nitrogen and oxygen atoms in total. The minimum Gasteiger partial charge on any atom is -0.459 e. The fourth-order valence-corrected chi connectivity index (χ4v) is 4.66. The van der Waals surface area contributed by atoms with Crippen LogP contribution in [0.15, 0.2) is 53.4 Å². The predicted octanol–water partition coefficient (Wildman–Crippen LogP) is 5.42. The highest BCUT2D eigenvalue weighted by atomic mass is 35.5. The van der Waals surface area contributed by atoms with E-state index in [1.54, 1.807) is 18.2 Å². The molecule has 2 aromatic carbocycles. The topological polar surface area (TPSA) is 86.1 Å². The molecule has 0 amide bonds. The maximum absolute atomic E-state index is 12.9. The first kappa shape index (κ1) is 19.0. The third kappa shape index (κ3) is 4.20. The quantitative estimate of drug-likeness (QED) is 0.602. The summed E-state index contributed by atoms with van der Waals surface area (Å²) in [6.07, 6.45) is 5.42. The second-order valence-electron chi connectivity index (χ2n) is 6.87. The van der Waals surface area contributed by atoms with Crippen LogP contribution in [0.25, 0.3) is 16.4 Å². The van der Waals surface area contributed by atoms with Gasteiger partial charge in [0.2, 0.25) is 0 Å². The van der Waals surface area contributed by atoms with Gasteiger partial charge in [-0.1, -0.05) is 68.0 Å². The van der Waals surface area contributed by atoms with Crippen molar-refractivity contribution >= 4 is 44.3 Å². The average molecular weight is 416 g/mol. The molecule has 0 aliphatic heterocycles. The van der Waals surface area contributed by atoms with Gasteiger partial charge in [-0.05, 0) is 41.6 Å². The van der Waals surface area contributed by atoms with Gasteiger partial charge in [0.05, 0.1) is 10.4 Å². The Labute approximate surface area is 169 Å². The maximum Gasteiger partial charge on any atom is 0.263 e. The summed E-state index contributed by atoms with van der Waals surface area (Å²) in [5, 5.41) is 5.08. The van der Waals surface area contributed by atoms with Crippen LogP contribution >= 0.6 is 11.6 Å². The summed E-state index contributed by atoms with van der Waals surface area (Å²) in [6, 6.07) is 13.6. The number of nitrogens with zero attached hydrogens (tertiary/aromatic N) is 3. The molecule has 1 saturated carbocycles. The highest BCUT2D eigenvalue weighted by Crippen LogP contribution is 2.35. The standard InChI is InChI=1S/C20H20ClN4O2S/c21-14-7-6-10-16(13-14)28(26,27)25-20-19(22-15-8-2-1-3-9-15)23-17-11-4-5-12-18(17)24-20/h4-7,10-13,15H,1-3,8-9H2,(H-,22,23,24,25)/q-1. The molecule has 1 fully saturated rings. The molecule has 8 heteroatoms. The lowest BCUT2D eigenvalue weighted by Crippen LogP contribution is -2.16. The number of anilines is 1. The van der Waals surface area contributed by atoms with Gasteiger partial charge in [0.1, 0.15) is 5.82 Å². The van der Waals surface area contributed by atoms with Gasteiger partial charge in [-0.2, -0.15) is 0 Å². The van der Waals surface area contributed by atoms with Gasteiger partial charge in [0, 0.05) is 5.02 Å². The van der Waals surface area contributed by atoms with Gasteiger partial charge in [-0.25, -0.2) is 13.4 Å². The predicted molar refractivity (Wildman–Crippen MR) is 112 cm³/mol. The smallest absolute Gasteiger partial charge is 0.263 e. The van der Waals surface area contributed by atoms with Gasteiger partial charge < -0.3 is 10.3 Å². The number of sulfonamides is 1. The molecule has 1 aromatic heterocycles. The van der Waals surface area contributed by atoms with Crippen LogP contribution in [-0.4, -0.2) is 24.4 Å². The van der Waals surface area contributed by atoms with Crippen LogP contribution in [0.2, 0.25) is 5.02 Å². The number of hydrogen-bond acceptors (Lipinski definition) is 4. The normalized spacial score (nSPS) is 15.5. The van der Waals surface area contributed by atoms with Crippen molar-refractivity contribution in [1.82, 2.24) is 9.97 Å². The summed E-state index contributed by atoms with van der Waals surface area (Å²) in [5.41, 5.74) is 1.29. The molecule has 1 aliphatic carbocycles. The SMILES string of the molecule is O=S(=O)(Nc1nc2ccccc2nc1[N-]C1CCCCC1)c1cccc(Cl)c1. The Morgan fingerprint density at radius 3 is 2.39 bits per heavy atom. The van der Waals surface area contributed by atoms with Crippen LogP contribution in [0.5, 0.6) is 0 Å². The van der Waals surface area contributed by atoms with Gasteiger partial charge in [0.25, 0.3) is 10.0 Å². The van der Waals surface area contributed by atoms with E-state index in [0.717, 1.165) is 25.7 Å². The van der Waals surface area contributed by atoms with Crippen molar-refractivity contribution in [2.75, 3.05) is 4.72 Å². The maximum atomic E-state index is 12.9. The van der Waals surface area contributed by atoms with Crippen LogP contribution in [0.1, 0.15) is 32.1 Å². The third-order valence-electron chi connectivity index (χ3n) is 4.77. The van der Waals surface area contributed by atoms with Crippen molar-refractivity contribution in [3.63, 3.8) is 0 Å². The molecule has 1 heterocycles. The molecule has 1 N–H and O–H groups in total. The summed E-state index contributed by atoms with van der Waals surface area (Å²) in [5.74, 6) is 0.473. The van der Waals surface area contributed by atoms with Crippen molar-refractivity contribution in [2.45, 2.75) is 43.0 Å². The number of hydrogen-bond donors (Lipinski definition) is 1. The summed E-state index contributed by atoms with van der Waals surface area (Å²) >= 11 is 5.95. The molecule has 28 heavy (non-hydrogen) atoms. The summed E-state index contributed by atoms with van der Waals surface area (Å²) in [4.78, 5) is 9.14. The zero-order chi connectivity index (χ0) is 19.6. The Kier molecular flexibility index (Phi) is 5.37. The lowest BCUT2D eigenvalue weighted by Gasteiger charge is -2.30. The van der Waals surface area contributed by atoms with Crippen LogP contribution in [0.3, 0.4) is 0 Å². The van der Waals surface area contributed by atoms with Crippen molar-refractivity contribution in [3.8, 4) is 0 Å². The number of halogens is 1. The number of para-hydroxylation sites is 2. The fraction of sp³-hybridized carbons (Fsp3) is 0.300. The molecule has 0 radical (unpaired) electrons. The Morgan fingerprint density at radius 2 is 1.68 bits per heavy atom. The minimum absolute atomic E-state index is 0.0681. The molecule has 0 unspecified atom stereocenters. The number of fused-ring (bicyclic) bond motifs is 1. The Balaban J connectivity index is 1.72. The van der Waals surface area contributed by atoms with Crippen molar-refractivity contribution in [3.05, 3.63) is 58.9 Å². The first-order valence-corrected chi connectivity index (χ1v) is 11.1. The molecule has 1 aliphatic rings. The molecular weight excluding hydrogens is 396 g/mol. The third-order valence-corrected chi connectivity index (χ3v) is 6.34. The molecule has 4 rings (SSSR count). The van der Waals surface area contributed by atoms with E-state index in [4.69, 9.17) is 16.9 Å². The van der Waals surface area contributed by atoms with E-state index >= 15 is 0 Å². The van der Waals surface area contributed by atoms with E-state index < -0.39 is 10.0 Å². The van der Waals surface area contributed by atoms with Crippen LogP contribution in [0, 0.1) is 0 Å². The molecule has 0 bridgehead atoms. The van der Waals surface area contributed by atoms with E-state index in [9.17, 15) is 8.42 Å². The van der Waals surface area contributed by atoms with Crippen LogP contribution in [-0.2, 0) is 10.0 Å².